The maximum Gasteiger partial charge on any atom is 0.253 e. The van der Waals surface area contributed by atoms with Gasteiger partial charge in [-0.25, -0.2) is 0 Å². The first kappa shape index (κ1) is 20.0. The van der Waals surface area contributed by atoms with Crippen LogP contribution in [-0.4, -0.2) is 42.1 Å². The first-order chi connectivity index (χ1) is 13.5. The van der Waals surface area contributed by atoms with Crippen LogP contribution in [-0.2, 0) is 4.74 Å². The van der Waals surface area contributed by atoms with Crippen molar-refractivity contribution in [1.29, 1.82) is 5.26 Å². The normalized spacial score (nSPS) is 16.4. The van der Waals surface area contributed by atoms with Crippen molar-refractivity contribution >= 4 is 5.91 Å². The van der Waals surface area contributed by atoms with Gasteiger partial charge in [0.25, 0.3) is 5.91 Å². The lowest BCUT2D eigenvalue weighted by Crippen LogP contribution is -2.31. The molecule has 1 aromatic carbocycles. The van der Waals surface area contributed by atoms with E-state index < -0.39 is 0 Å². The average molecular weight is 377 g/mol. The van der Waals surface area contributed by atoms with E-state index in [1.54, 1.807) is 4.90 Å². The van der Waals surface area contributed by atoms with Crippen LogP contribution in [0.25, 0.3) is 11.3 Å². The summed E-state index contributed by atoms with van der Waals surface area (Å²) >= 11 is 0. The Morgan fingerprint density at radius 1 is 1.29 bits per heavy atom. The predicted molar refractivity (Wildman–Crippen MR) is 109 cm³/mol. The van der Waals surface area contributed by atoms with Crippen molar-refractivity contribution in [3.05, 3.63) is 52.7 Å². The van der Waals surface area contributed by atoms with Gasteiger partial charge in [0, 0.05) is 31.3 Å². The van der Waals surface area contributed by atoms with E-state index >= 15 is 0 Å². The summed E-state index contributed by atoms with van der Waals surface area (Å²) in [6.07, 6.45) is 4.61. The number of carbonyl (C=O) groups excluding carboxylic acids is 1. The lowest BCUT2D eigenvalue weighted by Gasteiger charge is -2.25. The fourth-order valence-corrected chi connectivity index (χ4v) is 3.63. The van der Waals surface area contributed by atoms with E-state index in [0.29, 0.717) is 17.7 Å². The summed E-state index contributed by atoms with van der Waals surface area (Å²) in [7, 11) is 1.84. The Morgan fingerprint density at radius 3 is 2.64 bits per heavy atom. The largest absolute Gasteiger partial charge is 0.378 e. The highest BCUT2D eigenvalue weighted by Gasteiger charge is 2.17. The Morgan fingerprint density at radius 2 is 2.04 bits per heavy atom. The molecule has 0 N–H and O–H groups in total. The van der Waals surface area contributed by atoms with Crippen LogP contribution in [0.15, 0.2) is 30.3 Å². The molecule has 1 aliphatic rings. The molecule has 28 heavy (non-hydrogen) atoms. The Labute approximate surface area is 167 Å². The molecule has 0 aliphatic carbocycles. The zero-order valence-corrected chi connectivity index (χ0v) is 16.9. The molecule has 1 saturated heterocycles. The summed E-state index contributed by atoms with van der Waals surface area (Å²) in [5.41, 5.74) is 4.68. The number of benzene rings is 1. The van der Waals surface area contributed by atoms with Crippen LogP contribution in [0.4, 0.5) is 0 Å². The van der Waals surface area contributed by atoms with E-state index in [4.69, 9.17) is 4.74 Å². The maximum absolute atomic E-state index is 12.7. The van der Waals surface area contributed by atoms with E-state index in [9.17, 15) is 10.1 Å². The predicted octanol–water partition coefficient (Wildman–Crippen LogP) is 4.27. The average Bonchev–Trinajstić information content (AvgIpc) is 2.72. The van der Waals surface area contributed by atoms with E-state index in [-0.39, 0.29) is 12.0 Å². The molecule has 146 valence electrons. The monoisotopic (exact) mass is 377 g/mol. The molecular weight excluding hydrogens is 350 g/mol. The molecule has 0 saturated carbocycles. The van der Waals surface area contributed by atoms with E-state index in [2.05, 4.69) is 11.1 Å². The van der Waals surface area contributed by atoms with E-state index in [1.807, 2.05) is 51.2 Å². The molecule has 1 aromatic heterocycles. The van der Waals surface area contributed by atoms with Gasteiger partial charge in [-0.1, -0.05) is 12.1 Å². The molecule has 0 bridgehead atoms. The minimum atomic E-state index is 0.0162. The minimum Gasteiger partial charge on any atom is -0.378 e. The summed E-state index contributed by atoms with van der Waals surface area (Å²) in [5.74, 6) is 0.0162. The Bertz CT molecular complexity index is 855. The van der Waals surface area contributed by atoms with Gasteiger partial charge >= 0.3 is 0 Å². The molecule has 1 fully saturated rings. The topological polar surface area (TPSA) is 66.2 Å². The van der Waals surface area contributed by atoms with Crippen LogP contribution in [0.3, 0.4) is 0 Å². The second kappa shape index (κ2) is 8.99. The number of amides is 1. The van der Waals surface area contributed by atoms with Gasteiger partial charge in [-0.3, -0.25) is 9.78 Å². The van der Waals surface area contributed by atoms with Crippen LogP contribution >= 0.6 is 0 Å². The number of rotatable bonds is 5. The zero-order valence-electron chi connectivity index (χ0n) is 16.9. The highest BCUT2D eigenvalue weighted by atomic mass is 16.5. The number of hydrogen-bond acceptors (Lipinski definition) is 4. The molecule has 5 nitrogen and oxygen atoms in total. The van der Waals surface area contributed by atoms with Crippen molar-refractivity contribution in [3.63, 3.8) is 0 Å². The van der Waals surface area contributed by atoms with Gasteiger partial charge in [0.05, 0.1) is 23.1 Å². The van der Waals surface area contributed by atoms with Crippen molar-refractivity contribution in [1.82, 2.24) is 9.88 Å². The number of nitriles is 1. The number of pyridine rings is 1. The number of carbonyl (C=O) groups is 1. The number of nitrogens with zero attached hydrogens (tertiary/aromatic N) is 3. The van der Waals surface area contributed by atoms with Crippen molar-refractivity contribution in [2.45, 2.75) is 45.6 Å². The maximum atomic E-state index is 12.7. The smallest absolute Gasteiger partial charge is 0.253 e. The summed E-state index contributed by atoms with van der Waals surface area (Å²) in [6, 6.07) is 11.6. The highest BCUT2D eigenvalue weighted by Crippen LogP contribution is 2.23. The second-order valence-electron chi connectivity index (χ2n) is 7.48. The molecule has 5 heteroatoms. The lowest BCUT2D eigenvalue weighted by atomic mass is 10.0. The number of ether oxygens (including phenoxy) is 1. The molecule has 1 aliphatic heterocycles. The lowest BCUT2D eigenvalue weighted by molar-refractivity contribution is 0.00709. The van der Waals surface area contributed by atoms with Gasteiger partial charge in [-0.05, 0) is 63.3 Å². The number of aryl methyl sites for hydroxylation is 2. The number of hydrogen-bond donors (Lipinski definition) is 0. The van der Waals surface area contributed by atoms with Crippen molar-refractivity contribution in [3.8, 4) is 17.3 Å². The SMILES string of the molecule is Cc1cc(-c2ccc(C(=O)N(C)CCC3CCCCO3)cc2)nc(C)c1C#N. The van der Waals surface area contributed by atoms with Crippen molar-refractivity contribution in [2.75, 3.05) is 20.2 Å². The molecule has 1 amide bonds. The summed E-state index contributed by atoms with van der Waals surface area (Å²) in [6.45, 7) is 5.30. The minimum absolute atomic E-state index is 0.0162. The van der Waals surface area contributed by atoms with Gasteiger partial charge in [0.1, 0.15) is 6.07 Å². The summed E-state index contributed by atoms with van der Waals surface area (Å²) in [4.78, 5) is 19.0. The third-order valence-corrected chi connectivity index (χ3v) is 5.34. The van der Waals surface area contributed by atoms with Gasteiger partial charge in [0.15, 0.2) is 0 Å². The fraction of sp³-hybridized carbons (Fsp3) is 0.435. The standard InChI is InChI=1S/C23H27N3O2/c1-16-14-22(25-17(2)21(16)15-24)18-7-9-19(10-8-18)23(27)26(3)12-11-20-6-4-5-13-28-20/h7-10,14,20H,4-6,11-13H2,1-3H3. The summed E-state index contributed by atoms with van der Waals surface area (Å²) < 4.78 is 5.75. The van der Waals surface area contributed by atoms with Crippen LogP contribution in [0.5, 0.6) is 0 Å². The first-order valence-corrected chi connectivity index (χ1v) is 9.85. The van der Waals surface area contributed by atoms with Crippen molar-refractivity contribution in [2.24, 2.45) is 0 Å². The molecule has 0 radical (unpaired) electrons. The Kier molecular flexibility index (Phi) is 6.43. The molecule has 1 unspecified atom stereocenters. The van der Waals surface area contributed by atoms with Gasteiger partial charge in [-0.2, -0.15) is 5.26 Å². The van der Waals surface area contributed by atoms with E-state index in [0.717, 1.165) is 48.4 Å². The van der Waals surface area contributed by atoms with Crippen LogP contribution < -0.4 is 0 Å². The molecule has 3 rings (SSSR count). The molecule has 0 spiro atoms. The van der Waals surface area contributed by atoms with Crippen LogP contribution in [0.2, 0.25) is 0 Å². The quantitative estimate of drug-likeness (QED) is 0.780. The van der Waals surface area contributed by atoms with Crippen molar-refractivity contribution < 1.29 is 9.53 Å². The van der Waals surface area contributed by atoms with Gasteiger partial charge < -0.3 is 9.64 Å². The second-order valence-corrected chi connectivity index (χ2v) is 7.48. The third kappa shape index (κ3) is 4.58. The zero-order chi connectivity index (χ0) is 20.1. The number of aromatic nitrogens is 1. The van der Waals surface area contributed by atoms with Crippen LogP contribution in [0, 0.1) is 25.2 Å². The first-order valence-electron chi connectivity index (χ1n) is 9.85. The van der Waals surface area contributed by atoms with E-state index in [1.165, 1.54) is 6.42 Å². The molecule has 2 aromatic rings. The Balaban J connectivity index is 1.66. The Hall–Kier alpha value is -2.71. The molecule has 2 heterocycles. The van der Waals surface area contributed by atoms with Gasteiger partial charge in [0.2, 0.25) is 0 Å². The van der Waals surface area contributed by atoms with Gasteiger partial charge in [-0.15, -0.1) is 0 Å². The highest BCUT2D eigenvalue weighted by molar-refractivity contribution is 5.94. The third-order valence-electron chi connectivity index (χ3n) is 5.34. The fourth-order valence-electron chi connectivity index (χ4n) is 3.63. The van der Waals surface area contributed by atoms with Crippen LogP contribution in [0.1, 0.15) is 52.9 Å². The molecular formula is C23H27N3O2. The summed E-state index contributed by atoms with van der Waals surface area (Å²) in [5, 5.41) is 9.20. The molecule has 1 atom stereocenters.